The zero-order chi connectivity index (χ0) is 12.2. The molecule has 0 radical (unpaired) electrons. The molecule has 1 aliphatic heterocycles. The van der Waals surface area contributed by atoms with Gasteiger partial charge < -0.3 is 5.32 Å². The van der Waals surface area contributed by atoms with Crippen LogP contribution < -0.4 is 5.32 Å². The van der Waals surface area contributed by atoms with E-state index in [1.807, 2.05) is 13.0 Å². The molecular weight excluding hydrogens is 226 g/mol. The summed E-state index contributed by atoms with van der Waals surface area (Å²) in [5.41, 5.74) is 0. The predicted octanol–water partition coefficient (Wildman–Crippen LogP) is 0.302. The third-order valence-electron chi connectivity index (χ3n) is 2.81. The van der Waals surface area contributed by atoms with Crippen molar-refractivity contribution in [2.75, 3.05) is 19.6 Å². The molecule has 0 aliphatic carbocycles. The Morgan fingerprint density at radius 1 is 1.50 bits per heavy atom. The molecule has 5 nitrogen and oxygen atoms in total. The standard InChI is InChI=1S/C10H19N3O2S/c1-3-5-13(9-7-12-8-9)16(14,15)10(4-2)6-11/h9-10,12H,3-5,7-8H2,1-2H3. The average Bonchev–Trinajstić information content (AvgIpc) is 2.16. The lowest BCUT2D eigenvalue weighted by molar-refractivity contribution is 0.240. The molecule has 1 atom stereocenters. The molecule has 92 valence electrons. The quantitative estimate of drug-likeness (QED) is 0.730. The first-order valence-electron chi connectivity index (χ1n) is 5.68. The number of nitriles is 1. The van der Waals surface area contributed by atoms with E-state index in [-0.39, 0.29) is 6.04 Å². The van der Waals surface area contributed by atoms with E-state index in [0.717, 1.165) is 6.42 Å². The van der Waals surface area contributed by atoms with Gasteiger partial charge in [-0.25, -0.2) is 8.42 Å². The molecule has 16 heavy (non-hydrogen) atoms. The van der Waals surface area contributed by atoms with E-state index in [4.69, 9.17) is 5.26 Å². The van der Waals surface area contributed by atoms with Crippen LogP contribution in [0, 0.1) is 11.3 Å². The van der Waals surface area contributed by atoms with E-state index in [9.17, 15) is 8.42 Å². The zero-order valence-corrected chi connectivity index (χ0v) is 10.6. The lowest BCUT2D eigenvalue weighted by Crippen LogP contribution is -2.60. The van der Waals surface area contributed by atoms with Crippen LogP contribution in [-0.4, -0.2) is 43.6 Å². The van der Waals surface area contributed by atoms with Crippen molar-refractivity contribution in [1.82, 2.24) is 9.62 Å². The molecule has 0 saturated carbocycles. The third kappa shape index (κ3) is 2.54. The molecule has 0 aromatic carbocycles. The Bertz CT molecular complexity index is 357. The van der Waals surface area contributed by atoms with E-state index >= 15 is 0 Å². The van der Waals surface area contributed by atoms with E-state index < -0.39 is 15.3 Å². The molecule has 0 bridgehead atoms. The number of hydrogen-bond acceptors (Lipinski definition) is 4. The van der Waals surface area contributed by atoms with Gasteiger partial charge in [0.2, 0.25) is 10.0 Å². The van der Waals surface area contributed by atoms with E-state index in [0.29, 0.717) is 26.1 Å². The van der Waals surface area contributed by atoms with Crippen molar-refractivity contribution in [2.24, 2.45) is 0 Å². The first-order valence-corrected chi connectivity index (χ1v) is 7.19. The molecule has 1 N–H and O–H groups in total. The lowest BCUT2D eigenvalue weighted by Gasteiger charge is -2.37. The maximum atomic E-state index is 12.2. The minimum absolute atomic E-state index is 0.0346. The van der Waals surface area contributed by atoms with Gasteiger partial charge in [-0.05, 0) is 12.8 Å². The highest BCUT2D eigenvalue weighted by molar-refractivity contribution is 7.90. The van der Waals surface area contributed by atoms with Crippen LogP contribution in [-0.2, 0) is 10.0 Å². The summed E-state index contributed by atoms with van der Waals surface area (Å²) in [6.07, 6.45) is 1.12. The average molecular weight is 245 g/mol. The number of nitrogens with zero attached hydrogens (tertiary/aromatic N) is 2. The molecule has 0 spiro atoms. The molecule has 0 aromatic rings. The van der Waals surface area contributed by atoms with Crippen molar-refractivity contribution in [1.29, 1.82) is 5.26 Å². The zero-order valence-electron chi connectivity index (χ0n) is 9.81. The van der Waals surface area contributed by atoms with Gasteiger partial charge in [0, 0.05) is 25.7 Å². The molecule has 1 aliphatic rings. The van der Waals surface area contributed by atoms with Crippen molar-refractivity contribution < 1.29 is 8.42 Å². The normalized spacial score (nSPS) is 19.1. The summed E-state index contributed by atoms with van der Waals surface area (Å²) in [7, 11) is -3.45. The lowest BCUT2D eigenvalue weighted by atomic mass is 10.2. The van der Waals surface area contributed by atoms with Gasteiger partial charge in [-0.15, -0.1) is 0 Å². The highest BCUT2D eigenvalue weighted by atomic mass is 32.2. The molecule has 1 heterocycles. The second-order valence-corrected chi connectivity index (χ2v) is 6.06. The Morgan fingerprint density at radius 3 is 2.44 bits per heavy atom. The fourth-order valence-electron chi connectivity index (χ4n) is 1.75. The Kier molecular flexibility index (Phi) is 4.71. The SMILES string of the molecule is CCCN(C1CNC1)S(=O)(=O)C(C#N)CC. The van der Waals surface area contributed by atoms with Crippen LogP contribution >= 0.6 is 0 Å². The maximum Gasteiger partial charge on any atom is 0.230 e. The number of sulfonamides is 1. The van der Waals surface area contributed by atoms with Crippen LogP contribution in [0.15, 0.2) is 0 Å². The fourth-order valence-corrected chi connectivity index (χ4v) is 3.63. The maximum absolute atomic E-state index is 12.2. The van der Waals surface area contributed by atoms with Gasteiger partial charge in [0.1, 0.15) is 0 Å². The van der Waals surface area contributed by atoms with Crippen LogP contribution in [0.25, 0.3) is 0 Å². The second kappa shape index (κ2) is 5.62. The van der Waals surface area contributed by atoms with E-state index in [1.165, 1.54) is 4.31 Å². The van der Waals surface area contributed by atoms with Crippen LogP contribution in [0.3, 0.4) is 0 Å². The third-order valence-corrected chi connectivity index (χ3v) is 5.10. The van der Waals surface area contributed by atoms with Gasteiger partial charge in [-0.3, -0.25) is 0 Å². The van der Waals surface area contributed by atoms with Gasteiger partial charge >= 0.3 is 0 Å². The Morgan fingerprint density at radius 2 is 2.12 bits per heavy atom. The van der Waals surface area contributed by atoms with Crippen molar-refractivity contribution in [3.8, 4) is 6.07 Å². The number of rotatable bonds is 6. The van der Waals surface area contributed by atoms with Crippen molar-refractivity contribution in [3.63, 3.8) is 0 Å². The Balaban J connectivity index is 2.87. The Labute approximate surface area is 97.5 Å². The minimum Gasteiger partial charge on any atom is -0.313 e. The highest BCUT2D eigenvalue weighted by Gasteiger charge is 2.37. The van der Waals surface area contributed by atoms with Crippen molar-refractivity contribution in [3.05, 3.63) is 0 Å². The molecule has 0 amide bonds. The fraction of sp³-hybridized carbons (Fsp3) is 0.900. The summed E-state index contributed by atoms with van der Waals surface area (Å²) in [6, 6.07) is 1.92. The smallest absolute Gasteiger partial charge is 0.230 e. The second-order valence-electron chi connectivity index (χ2n) is 3.99. The molecule has 1 rings (SSSR count). The van der Waals surface area contributed by atoms with Crippen LogP contribution in [0.4, 0.5) is 0 Å². The molecular formula is C10H19N3O2S. The van der Waals surface area contributed by atoms with Gasteiger partial charge in [0.25, 0.3) is 0 Å². The summed E-state index contributed by atoms with van der Waals surface area (Å²) in [5, 5.41) is 11.0. The highest BCUT2D eigenvalue weighted by Crippen LogP contribution is 2.18. The summed E-state index contributed by atoms with van der Waals surface area (Å²) in [6.45, 7) is 5.57. The first-order chi connectivity index (χ1) is 7.57. The minimum atomic E-state index is -3.45. The van der Waals surface area contributed by atoms with Gasteiger partial charge in [0.15, 0.2) is 5.25 Å². The van der Waals surface area contributed by atoms with Crippen molar-refractivity contribution >= 4 is 10.0 Å². The Hall–Kier alpha value is -0.640. The van der Waals surface area contributed by atoms with Crippen molar-refractivity contribution in [2.45, 2.75) is 38.0 Å². The summed E-state index contributed by atoms with van der Waals surface area (Å²) in [4.78, 5) is 0. The topological polar surface area (TPSA) is 73.2 Å². The molecule has 1 unspecified atom stereocenters. The summed E-state index contributed by atoms with van der Waals surface area (Å²) >= 11 is 0. The van der Waals surface area contributed by atoms with E-state index in [2.05, 4.69) is 5.32 Å². The number of nitrogens with one attached hydrogen (secondary N) is 1. The van der Waals surface area contributed by atoms with Gasteiger partial charge in [-0.2, -0.15) is 9.57 Å². The first kappa shape index (κ1) is 13.4. The summed E-state index contributed by atoms with van der Waals surface area (Å²) in [5.74, 6) is 0. The van der Waals surface area contributed by atoms with Gasteiger partial charge in [-0.1, -0.05) is 13.8 Å². The molecule has 6 heteroatoms. The molecule has 0 aromatic heterocycles. The molecule has 1 saturated heterocycles. The van der Waals surface area contributed by atoms with Crippen LogP contribution in [0.2, 0.25) is 0 Å². The molecule has 1 fully saturated rings. The van der Waals surface area contributed by atoms with Crippen LogP contribution in [0.5, 0.6) is 0 Å². The number of hydrogen-bond donors (Lipinski definition) is 1. The monoisotopic (exact) mass is 245 g/mol. The largest absolute Gasteiger partial charge is 0.313 e. The van der Waals surface area contributed by atoms with E-state index in [1.54, 1.807) is 6.92 Å². The summed E-state index contributed by atoms with van der Waals surface area (Å²) < 4.78 is 25.9. The van der Waals surface area contributed by atoms with Crippen LogP contribution in [0.1, 0.15) is 26.7 Å². The van der Waals surface area contributed by atoms with Gasteiger partial charge in [0.05, 0.1) is 6.07 Å². The predicted molar refractivity (Wildman–Crippen MR) is 62.3 cm³/mol.